The van der Waals surface area contributed by atoms with Gasteiger partial charge >= 0.3 is 6.18 Å². The van der Waals surface area contributed by atoms with Gasteiger partial charge in [0.15, 0.2) is 5.76 Å². The summed E-state index contributed by atoms with van der Waals surface area (Å²) in [5, 5.41) is 9.42. The predicted octanol–water partition coefficient (Wildman–Crippen LogP) is 4.70. The Labute approximate surface area is 188 Å². The number of anilines is 1. The molecule has 3 aromatic rings. The Hall–Kier alpha value is -3.74. The van der Waals surface area contributed by atoms with Gasteiger partial charge in [0, 0.05) is 32.6 Å². The molecule has 7 nitrogen and oxygen atoms in total. The van der Waals surface area contributed by atoms with Crippen molar-refractivity contribution < 1.29 is 26.8 Å². The minimum absolute atomic E-state index is 0.0934. The Morgan fingerprint density at radius 1 is 1.27 bits per heavy atom. The van der Waals surface area contributed by atoms with Gasteiger partial charge in [-0.2, -0.15) is 23.4 Å². The van der Waals surface area contributed by atoms with Gasteiger partial charge in [0.1, 0.15) is 6.07 Å². The number of aromatic nitrogens is 1. The molecule has 4 rings (SSSR count). The van der Waals surface area contributed by atoms with Gasteiger partial charge in [0.05, 0.1) is 11.8 Å². The van der Waals surface area contributed by atoms with Crippen molar-refractivity contribution in [3.8, 4) is 17.7 Å². The molecule has 0 aliphatic carbocycles. The predicted molar refractivity (Wildman–Crippen MR) is 112 cm³/mol. The SMILES string of the molecule is CN(Cc1cccc(C(F)(F)F)c1)C(=O)C1CCN(c2oc(-c3ccco3)nc2C#N)CC1. The average molecular weight is 458 g/mol. The molecule has 10 heteroatoms. The van der Waals surface area contributed by atoms with Crippen molar-refractivity contribution in [1.82, 2.24) is 9.88 Å². The van der Waals surface area contributed by atoms with Crippen LogP contribution in [0.25, 0.3) is 11.7 Å². The van der Waals surface area contributed by atoms with E-state index in [4.69, 9.17) is 8.83 Å². The second kappa shape index (κ2) is 9.02. The van der Waals surface area contributed by atoms with Crippen molar-refractivity contribution in [2.24, 2.45) is 5.92 Å². The lowest BCUT2D eigenvalue weighted by Gasteiger charge is -2.33. The molecule has 0 N–H and O–H groups in total. The molecule has 172 valence electrons. The van der Waals surface area contributed by atoms with E-state index in [-0.39, 0.29) is 30.0 Å². The number of nitriles is 1. The van der Waals surface area contributed by atoms with E-state index in [1.807, 2.05) is 11.0 Å². The topological polar surface area (TPSA) is 86.5 Å². The summed E-state index contributed by atoms with van der Waals surface area (Å²) in [4.78, 5) is 20.4. The van der Waals surface area contributed by atoms with E-state index in [1.165, 1.54) is 17.2 Å². The molecular weight excluding hydrogens is 437 g/mol. The number of piperidine rings is 1. The monoisotopic (exact) mass is 458 g/mol. The smallest absolute Gasteiger partial charge is 0.416 e. The third-order valence-corrected chi connectivity index (χ3v) is 5.63. The molecule has 1 aliphatic rings. The molecule has 0 bridgehead atoms. The van der Waals surface area contributed by atoms with Gasteiger partial charge in [0.2, 0.25) is 17.5 Å². The normalized spacial score (nSPS) is 14.8. The highest BCUT2D eigenvalue weighted by molar-refractivity contribution is 5.79. The number of carbonyl (C=O) groups excluding carboxylic acids is 1. The summed E-state index contributed by atoms with van der Waals surface area (Å²) in [5.74, 6) is 0.577. The van der Waals surface area contributed by atoms with Gasteiger partial charge in [-0.15, -0.1) is 0 Å². The molecule has 0 spiro atoms. The molecular formula is C23H21F3N4O3. The highest BCUT2D eigenvalue weighted by Crippen LogP contribution is 2.32. The molecule has 0 saturated carbocycles. The number of furan rings is 1. The van der Waals surface area contributed by atoms with Gasteiger partial charge in [-0.25, -0.2) is 0 Å². The first-order chi connectivity index (χ1) is 15.8. The average Bonchev–Trinajstić information content (AvgIpc) is 3.48. The summed E-state index contributed by atoms with van der Waals surface area (Å²) in [6.45, 7) is 1.06. The fourth-order valence-electron chi connectivity index (χ4n) is 3.94. The van der Waals surface area contributed by atoms with Gasteiger partial charge < -0.3 is 18.6 Å². The van der Waals surface area contributed by atoms with Crippen molar-refractivity contribution in [3.63, 3.8) is 0 Å². The minimum Gasteiger partial charge on any atom is -0.459 e. The standard InChI is InChI=1S/C23H21F3N4O3/c1-29(14-15-4-2-5-17(12-15)23(24,25)26)21(31)16-7-9-30(10-8-16)22-18(13-27)28-20(33-22)19-6-3-11-32-19/h2-6,11-12,16H,7-10,14H2,1H3. The first-order valence-corrected chi connectivity index (χ1v) is 10.4. The van der Waals surface area contributed by atoms with E-state index in [0.717, 1.165) is 12.1 Å². The first-order valence-electron chi connectivity index (χ1n) is 10.4. The molecule has 2 aromatic heterocycles. The fraction of sp³-hybridized carbons (Fsp3) is 0.348. The molecule has 1 saturated heterocycles. The zero-order chi connectivity index (χ0) is 23.6. The lowest BCUT2D eigenvalue weighted by molar-refractivity contribution is -0.137. The van der Waals surface area contributed by atoms with Crippen molar-refractivity contribution >= 4 is 11.8 Å². The van der Waals surface area contributed by atoms with E-state index < -0.39 is 11.7 Å². The van der Waals surface area contributed by atoms with E-state index in [2.05, 4.69) is 4.98 Å². The highest BCUT2D eigenvalue weighted by Gasteiger charge is 2.32. The Kier molecular flexibility index (Phi) is 6.14. The molecule has 1 fully saturated rings. The quantitative estimate of drug-likeness (QED) is 0.551. The number of amides is 1. The maximum Gasteiger partial charge on any atom is 0.416 e. The van der Waals surface area contributed by atoms with E-state index in [9.17, 15) is 23.2 Å². The van der Waals surface area contributed by atoms with E-state index >= 15 is 0 Å². The van der Waals surface area contributed by atoms with Crippen LogP contribution in [-0.2, 0) is 17.5 Å². The maximum atomic E-state index is 12.9. The van der Waals surface area contributed by atoms with Gasteiger partial charge in [-0.1, -0.05) is 12.1 Å². The number of nitrogens with zero attached hydrogens (tertiary/aromatic N) is 4. The zero-order valence-electron chi connectivity index (χ0n) is 17.8. The summed E-state index contributed by atoms with van der Waals surface area (Å²) >= 11 is 0. The molecule has 0 radical (unpaired) electrons. The lowest BCUT2D eigenvalue weighted by Crippen LogP contribution is -2.41. The van der Waals surface area contributed by atoms with Crippen LogP contribution in [0, 0.1) is 17.2 Å². The summed E-state index contributed by atoms with van der Waals surface area (Å²) in [5.41, 5.74) is -0.167. The fourth-order valence-corrected chi connectivity index (χ4v) is 3.94. The van der Waals surface area contributed by atoms with Crippen LogP contribution >= 0.6 is 0 Å². The maximum absolute atomic E-state index is 12.9. The number of hydrogen-bond acceptors (Lipinski definition) is 6. The van der Waals surface area contributed by atoms with Crippen LogP contribution in [0.2, 0.25) is 0 Å². The Bertz CT molecular complexity index is 1160. The summed E-state index contributed by atoms with van der Waals surface area (Å²) < 4.78 is 49.9. The Morgan fingerprint density at radius 2 is 2.03 bits per heavy atom. The van der Waals surface area contributed by atoms with Crippen molar-refractivity contribution in [3.05, 3.63) is 59.5 Å². The number of benzene rings is 1. The number of alkyl halides is 3. The second-order valence-electron chi connectivity index (χ2n) is 7.92. The summed E-state index contributed by atoms with van der Waals surface area (Å²) in [7, 11) is 1.59. The molecule has 1 amide bonds. The van der Waals surface area contributed by atoms with Crippen LogP contribution in [0.5, 0.6) is 0 Å². The van der Waals surface area contributed by atoms with Gasteiger partial charge in [-0.3, -0.25) is 4.79 Å². The van der Waals surface area contributed by atoms with Crippen LogP contribution in [0.3, 0.4) is 0 Å². The van der Waals surface area contributed by atoms with E-state index in [0.29, 0.717) is 43.1 Å². The molecule has 0 atom stereocenters. The first kappa shape index (κ1) is 22.5. The molecule has 1 aromatic carbocycles. The molecule has 1 aliphatic heterocycles. The third-order valence-electron chi connectivity index (χ3n) is 5.63. The largest absolute Gasteiger partial charge is 0.459 e. The second-order valence-corrected chi connectivity index (χ2v) is 7.92. The van der Waals surface area contributed by atoms with Crippen LogP contribution in [0.15, 0.2) is 51.5 Å². The Balaban J connectivity index is 1.38. The van der Waals surface area contributed by atoms with Crippen molar-refractivity contribution in [2.45, 2.75) is 25.6 Å². The van der Waals surface area contributed by atoms with Gasteiger partial charge in [-0.05, 0) is 42.7 Å². The molecule has 3 heterocycles. The lowest BCUT2D eigenvalue weighted by atomic mass is 9.95. The number of halogens is 3. The van der Waals surface area contributed by atoms with Crippen molar-refractivity contribution in [1.29, 1.82) is 5.26 Å². The highest BCUT2D eigenvalue weighted by atomic mass is 19.4. The van der Waals surface area contributed by atoms with Crippen LogP contribution < -0.4 is 4.90 Å². The van der Waals surface area contributed by atoms with Crippen LogP contribution in [0.4, 0.5) is 19.1 Å². The minimum atomic E-state index is -4.43. The van der Waals surface area contributed by atoms with Crippen LogP contribution in [0.1, 0.15) is 29.7 Å². The number of oxazole rings is 1. The van der Waals surface area contributed by atoms with E-state index in [1.54, 1.807) is 25.2 Å². The number of rotatable bonds is 5. The van der Waals surface area contributed by atoms with Crippen LogP contribution in [-0.4, -0.2) is 35.9 Å². The Morgan fingerprint density at radius 3 is 2.67 bits per heavy atom. The number of hydrogen-bond donors (Lipinski definition) is 0. The summed E-state index contributed by atoms with van der Waals surface area (Å²) in [6.07, 6.45) is -1.90. The summed E-state index contributed by atoms with van der Waals surface area (Å²) in [6, 6.07) is 10.4. The molecule has 33 heavy (non-hydrogen) atoms. The molecule has 0 unspecified atom stereocenters. The van der Waals surface area contributed by atoms with Gasteiger partial charge in [0.25, 0.3) is 5.89 Å². The third kappa shape index (κ3) is 4.87. The van der Waals surface area contributed by atoms with Crippen molar-refractivity contribution in [2.75, 3.05) is 25.0 Å². The number of carbonyl (C=O) groups is 1. The zero-order valence-corrected chi connectivity index (χ0v) is 17.8.